The highest BCUT2D eigenvalue weighted by Gasteiger charge is 2.37. The average molecular weight is 512 g/mol. The molecule has 3 rings (SSSR count). The summed E-state index contributed by atoms with van der Waals surface area (Å²) in [6.07, 6.45) is 5.12. The van der Waals surface area contributed by atoms with E-state index < -0.39 is 16.1 Å². The van der Waals surface area contributed by atoms with Crippen LogP contribution in [0.5, 0.6) is 5.75 Å². The predicted octanol–water partition coefficient (Wildman–Crippen LogP) is 5.54. The monoisotopic (exact) mass is 510 g/mol. The van der Waals surface area contributed by atoms with Crippen molar-refractivity contribution in [2.75, 3.05) is 30.3 Å². The van der Waals surface area contributed by atoms with Gasteiger partial charge in [0.2, 0.25) is 0 Å². The van der Waals surface area contributed by atoms with E-state index in [1.54, 1.807) is 18.3 Å². The fourth-order valence-electron chi connectivity index (χ4n) is 3.81. The molecule has 0 saturated carbocycles. The Morgan fingerprint density at radius 1 is 1.30 bits per heavy atom. The number of aromatic nitrogens is 1. The normalized spacial score (nSPS) is 17.0. The second-order valence-electron chi connectivity index (χ2n) is 9.15. The van der Waals surface area contributed by atoms with Crippen molar-refractivity contribution in [2.24, 2.45) is 5.92 Å². The topological polar surface area (TPSA) is 86.5 Å². The first kappa shape index (κ1) is 26.0. The van der Waals surface area contributed by atoms with E-state index in [-0.39, 0.29) is 12.0 Å². The van der Waals surface area contributed by atoms with Gasteiger partial charge in [-0.15, -0.1) is 4.72 Å². The minimum Gasteiger partial charge on any atom is -0.598 e. The van der Waals surface area contributed by atoms with Crippen molar-refractivity contribution in [3.63, 3.8) is 0 Å². The molecule has 0 spiro atoms. The van der Waals surface area contributed by atoms with Gasteiger partial charge < -0.3 is 19.9 Å². The Balaban J connectivity index is 1.89. The van der Waals surface area contributed by atoms with Gasteiger partial charge in [0.05, 0.1) is 28.0 Å². The maximum absolute atomic E-state index is 13.1. The highest BCUT2D eigenvalue weighted by atomic mass is 35.5. The van der Waals surface area contributed by atoms with Gasteiger partial charge in [-0.3, -0.25) is 0 Å². The minimum atomic E-state index is -1.28. The molecule has 2 atom stereocenters. The molecule has 33 heavy (non-hydrogen) atoms. The summed E-state index contributed by atoms with van der Waals surface area (Å²) >= 11 is 11.4. The maximum atomic E-state index is 13.1. The van der Waals surface area contributed by atoms with E-state index in [0.717, 1.165) is 37.3 Å². The van der Waals surface area contributed by atoms with Crippen molar-refractivity contribution in [1.29, 1.82) is 0 Å². The zero-order valence-corrected chi connectivity index (χ0v) is 21.6. The molecule has 1 aromatic heterocycles. The van der Waals surface area contributed by atoms with Crippen molar-refractivity contribution in [1.82, 2.24) is 9.71 Å². The minimum absolute atomic E-state index is 0.213. The SMILES string of the molecule is C=CCOc1cc(Cl)c(Cl)cc1[C@H](N[S+]([O-])C(C)(C)C)C1CCN(c2ccc(N)cn2)CC1. The Bertz CT molecular complexity index is 945. The third kappa shape index (κ3) is 6.70. The van der Waals surface area contributed by atoms with Crippen LogP contribution in [0.4, 0.5) is 11.5 Å². The molecule has 6 nitrogen and oxygen atoms in total. The fourth-order valence-corrected chi connectivity index (χ4v) is 5.04. The number of nitrogen functional groups attached to an aromatic ring is 1. The number of hydrogen-bond donors (Lipinski definition) is 2. The van der Waals surface area contributed by atoms with Gasteiger partial charge in [0.1, 0.15) is 22.9 Å². The summed E-state index contributed by atoms with van der Waals surface area (Å²) in [5, 5.41) is 0.855. The quantitative estimate of drug-likeness (QED) is 0.357. The highest BCUT2D eigenvalue weighted by Crippen LogP contribution is 2.41. The fraction of sp³-hybridized carbons (Fsp3) is 0.458. The van der Waals surface area contributed by atoms with Gasteiger partial charge >= 0.3 is 0 Å². The smallest absolute Gasteiger partial charge is 0.136 e. The van der Waals surface area contributed by atoms with Gasteiger partial charge in [-0.05, 0) is 57.7 Å². The summed E-state index contributed by atoms with van der Waals surface area (Å²) < 4.78 is 22.0. The lowest BCUT2D eigenvalue weighted by molar-refractivity contribution is 0.306. The Labute approximate surface area is 209 Å². The predicted molar refractivity (Wildman–Crippen MR) is 140 cm³/mol. The summed E-state index contributed by atoms with van der Waals surface area (Å²) in [7, 11) is 0. The van der Waals surface area contributed by atoms with Crippen LogP contribution >= 0.6 is 23.2 Å². The number of pyridine rings is 1. The third-order valence-corrected chi connectivity index (χ3v) is 7.94. The maximum Gasteiger partial charge on any atom is 0.136 e. The summed E-state index contributed by atoms with van der Waals surface area (Å²) in [6.45, 7) is 11.6. The van der Waals surface area contributed by atoms with E-state index in [4.69, 9.17) is 33.7 Å². The molecule has 0 aliphatic carbocycles. The summed E-state index contributed by atoms with van der Waals surface area (Å²) in [5.74, 6) is 1.75. The van der Waals surface area contributed by atoms with Crippen LogP contribution in [0.15, 0.2) is 43.1 Å². The van der Waals surface area contributed by atoms with Crippen LogP contribution < -0.4 is 20.1 Å². The zero-order valence-electron chi connectivity index (χ0n) is 19.3. The average Bonchev–Trinajstić information content (AvgIpc) is 2.78. The number of ether oxygens (including phenoxy) is 1. The van der Waals surface area contributed by atoms with Crippen molar-refractivity contribution in [2.45, 2.75) is 44.4 Å². The Hall–Kier alpha value is -1.64. The molecule has 0 amide bonds. The molecule has 1 aromatic carbocycles. The second kappa shape index (κ2) is 11.2. The van der Waals surface area contributed by atoms with Crippen molar-refractivity contribution in [3.05, 3.63) is 58.7 Å². The van der Waals surface area contributed by atoms with Gasteiger partial charge in [0, 0.05) is 36.1 Å². The summed E-state index contributed by atoms with van der Waals surface area (Å²) in [4.78, 5) is 6.70. The van der Waals surface area contributed by atoms with Crippen LogP contribution in [0.1, 0.15) is 45.2 Å². The van der Waals surface area contributed by atoms with Gasteiger partial charge in [-0.25, -0.2) is 4.98 Å². The molecule has 0 radical (unpaired) electrons. The van der Waals surface area contributed by atoms with Crippen LogP contribution in [-0.2, 0) is 11.4 Å². The Morgan fingerprint density at radius 3 is 2.55 bits per heavy atom. The van der Waals surface area contributed by atoms with E-state index in [2.05, 4.69) is 21.2 Å². The van der Waals surface area contributed by atoms with Gasteiger partial charge in [0.25, 0.3) is 0 Å². The lowest BCUT2D eigenvalue weighted by Crippen LogP contribution is -2.46. The first-order chi connectivity index (χ1) is 15.6. The van der Waals surface area contributed by atoms with E-state index in [1.807, 2.05) is 39.0 Å². The molecule has 1 fully saturated rings. The lowest BCUT2D eigenvalue weighted by atomic mass is 9.85. The molecule has 2 aromatic rings. The number of anilines is 2. The molecular formula is C24H32Cl2N4O2S. The van der Waals surface area contributed by atoms with Crippen molar-refractivity contribution in [3.8, 4) is 5.75 Å². The van der Waals surface area contributed by atoms with Crippen molar-refractivity contribution >= 4 is 46.1 Å². The number of halogens is 2. The van der Waals surface area contributed by atoms with E-state index in [0.29, 0.717) is 28.1 Å². The number of benzene rings is 1. The van der Waals surface area contributed by atoms with Crippen LogP contribution in [0.25, 0.3) is 0 Å². The number of nitrogens with one attached hydrogen (secondary N) is 1. The lowest BCUT2D eigenvalue weighted by Gasteiger charge is -2.38. The van der Waals surface area contributed by atoms with E-state index in [9.17, 15) is 4.55 Å². The molecule has 1 aliphatic rings. The van der Waals surface area contributed by atoms with Crippen LogP contribution in [0, 0.1) is 5.92 Å². The van der Waals surface area contributed by atoms with Crippen LogP contribution in [-0.4, -0.2) is 34.0 Å². The van der Waals surface area contributed by atoms with E-state index >= 15 is 0 Å². The molecule has 180 valence electrons. The molecule has 1 saturated heterocycles. The number of nitrogens with zero attached hydrogens (tertiary/aromatic N) is 2. The Kier molecular flexibility index (Phi) is 8.81. The first-order valence-corrected chi connectivity index (χ1v) is 12.9. The summed E-state index contributed by atoms with van der Waals surface area (Å²) in [6, 6.07) is 7.14. The second-order valence-corrected chi connectivity index (χ2v) is 12.0. The Morgan fingerprint density at radius 2 is 1.97 bits per heavy atom. The van der Waals surface area contributed by atoms with Crippen molar-refractivity contribution < 1.29 is 9.29 Å². The van der Waals surface area contributed by atoms with E-state index in [1.165, 1.54) is 0 Å². The number of hydrogen-bond acceptors (Lipinski definition) is 6. The number of nitrogens with two attached hydrogens (primary N) is 1. The molecule has 0 bridgehead atoms. The standard InChI is InChI=1S/C24H32Cl2N4O2S/c1-5-12-32-21-14-20(26)19(25)13-18(21)23(29-33(31)24(2,3)4)16-8-10-30(11-9-16)22-7-6-17(27)15-28-22/h5-7,13-16,23,29H,1,8-12,27H2,2-4H3/t23-,33?/m1/s1. The molecule has 9 heteroatoms. The first-order valence-electron chi connectivity index (χ1n) is 11.0. The largest absolute Gasteiger partial charge is 0.598 e. The van der Waals surface area contributed by atoms with Gasteiger partial charge in [-0.2, -0.15) is 0 Å². The molecule has 2 heterocycles. The van der Waals surface area contributed by atoms with Crippen LogP contribution in [0.2, 0.25) is 10.0 Å². The third-order valence-electron chi connectivity index (χ3n) is 5.64. The zero-order chi connectivity index (χ0) is 24.2. The molecule has 1 unspecified atom stereocenters. The molecule has 3 N–H and O–H groups in total. The number of piperidine rings is 1. The molecule has 1 aliphatic heterocycles. The van der Waals surface area contributed by atoms with Crippen LogP contribution in [0.3, 0.4) is 0 Å². The highest BCUT2D eigenvalue weighted by molar-refractivity contribution is 7.90. The van der Waals surface area contributed by atoms with Gasteiger partial charge in [0.15, 0.2) is 0 Å². The van der Waals surface area contributed by atoms with Gasteiger partial charge in [-0.1, -0.05) is 35.9 Å². The number of rotatable bonds is 8. The molecular weight excluding hydrogens is 479 g/mol. The summed E-state index contributed by atoms with van der Waals surface area (Å²) in [5.41, 5.74) is 7.28.